The first-order valence-corrected chi connectivity index (χ1v) is 7.29. The van der Waals surface area contributed by atoms with Crippen LogP contribution in [0.2, 0.25) is 0 Å². The number of hydrogen-bond donors (Lipinski definition) is 1. The van der Waals surface area contributed by atoms with Gasteiger partial charge in [-0.25, -0.2) is 0 Å². The first-order chi connectivity index (χ1) is 11.0. The van der Waals surface area contributed by atoms with Crippen LogP contribution in [0.4, 0.5) is 0 Å². The second-order valence-electron chi connectivity index (χ2n) is 2.84. The lowest BCUT2D eigenvalue weighted by Gasteiger charge is -1.94. The summed E-state index contributed by atoms with van der Waals surface area (Å²) < 4.78 is 9.34. The Morgan fingerprint density at radius 1 is 0.909 bits per heavy atom. The van der Waals surface area contributed by atoms with Gasteiger partial charge in [-0.15, -0.1) is 0 Å². The minimum Gasteiger partial charge on any atom is -0.479 e. The predicted octanol–water partition coefficient (Wildman–Crippen LogP) is 3.72. The van der Waals surface area contributed by atoms with Gasteiger partial charge in [0.2, 0.25) is 0 Å². The topological polar surface area (TPSA) is 64.4 Å². The fourth-order valence-electron chi connectivity index (χ4n) is 0.819. The molecule has 0 unspecified atom stereocenters. The van der Waals surface area contributed by atoms with Crippen LogP contribution < -0.4 is 5.32 Å². The Hall–Kier alpha value is -2.50. The van der Waals surface area contributed by atoms with Gasteiger partial charge >= 0.3 is 0 Å². The monoisotopic (exact) mass is 309 g/mol. The van der Waals surface area contributed by atoms with E-state index in [1.165, 1.54) is 0 Å². The highest BCUT2D eigenvalue weighted by Crippen LogP contribution is 1.82. The van der Waals surface area contributed by atoms with E-state index >= 15 is 0 Å². The zero-order chi connectivity index (χ0) is 16.7. The van der Waals surface area contributed by atoms with Crippen molar-refractivity contribution >= 4 is 12.4 Å². The van der Waals surface area contributed by atoms with Crippen molar-refractivity contribution in [3.8, 4) is 0 Å². The van der Waals surface area contributed by atoms with E-state index in [2.05, 4.69) is 25.0 Å². The molecule has 6 heteroatoms. The van der Waals surface area contributed by atoms with Gasteiger partial charge in [0.15, 0.2) is 6.73 Å². The number of nitrogens with zero attached hydrogens (tertiary/aromatic N) is 2. The number of allylic oxidation sites excluding steroid dienone is 2. The summed E-state index contributed by atoms with van der Waals surface area (Å²) in [6.07, 6.45) is 17.0. The van der Waals surface area contributed by atoms with Gasteiger partial charge in [0.05, 0.1) is 12.5 Å². The van der Waals surface area contributed by atoms with Crippen LogP contribution in [0.15, 0.2) is 59.6 Å². The van der Waals surface area contributed by atoms with Crippen molar-refractivity contribution in [1.82, 2.24) is 5.32 Å². The second-order valence-corrected chi connectivity index (χ2v) is 2.84. The highest BCUT2D eigenvalue weighted by Gasteiger charge is 1.77. The fourth-order valence-corrected chi connectivity index (χ4v) is 0.819. The van der Waals surface area contributed by atoms with Crippen LogP contribution in [0.1, 0.15) is 27.7 Å². The van der Waals surface area contributed by atoms with E-state index in [1.54, 1.807) is 49.7 Å². The largest absolute Gasteiger partial charge is 0.479 e. The first kappa shape index (κ1) is 21.8. The van der Waals surface area contributed by atoms with Crippen molar-refractivity contribution < 1.29 is 14.3 Å². The molecule has 0 amide bonds. The third kappa shape index (κ3) is 19.8. The summed E-state index contributed by atoms with van der Waals surface area (Å²) in [4.78, 5) is 8.30. The molecule has 22 heavy (non-hydrogen) atoms. The molecule has 0 aromatic carbocycles. The van der Waals surface area contributed by atoms with Crippen LogP contribution in [0.25, 0.3) is 0 Å². The third-order valence-electron chi connectivity index (χ3n) is 1.53. The van der Waals surface area contributed by atoms with Crippen molar-refractivity contribution in [3.05, 3.63) is 49.4 Å². The molecule has 0 bridgehead atoms. The van der Waals surface area contributed by atoms with Crippen LogP contribution in [0, 0.1) is 0 Å². The summed E-state index contributed by atoms with van der Waals surface area (Å²) in [6, 6.07) is 0. The molecule has 3 heterocycles. The van der Waals surface area contributed by atoms with Crippen LogP contribution in [-0.2, 0) is 14.3 Å². The van der Waals surface area contributed by atoms with Gasteiger partial charge in [-0.05, 0) is 18.2 Å². The highest BCUT2D eigenvalue weighted by molar-refractivity contribution is 5.71. The molecule has 0 spiro atoms. The number of aliphatic imine (C=N–C) groups is 1. The van der Waals surface area contributed by atoms with Crippen LogP contribution >= 0.6 is 0 Å². The van der Waals surface area contributed by atoms with Crippen LogP contribution in [0.5, 0.6) is 0 Å². The lowest BCUT2D eigenvalue weighted by atomic mass is 10.5. The van der Waals surface area contributed by atoms with Gasteiger partial charge in [-0.3, -0.25) is 4.99 Å². The Balaban J connectivity index is 0. The molecule has 0 aliphatic carbocycles. The molecule has 0 saturated carbocycles. The normalized spacial score (nSPS) is 14.4. The van der Waals surface area contributed by atoms with Crippen LogP contribution in [0.3, 0.4) is 0 Å². The average Bonchev–Trinajstić information content (AvgIpc) is 2.70. The molecular formula is C16H27N3O3. The maximum atomic E-state index is 4.69. The standard InChI is InChI=1S/3C4H5NO.2C2H6/c1-3-6-4-2-5-1;1-2-5-4-6-3-1;1-2-4-6-5-3-1;2*1-2/h1-5H;2*1-3H,4H2;2*1-2H3. The lowest BCUT2D eigenvalue weighted by molar-refractivity contribution is 0.173. The molecule has 0 aromatic rings. The van der Waals surface area contributed by atoms with Gasteiger partial charge in [0.1, 0.15) is 19.1 Å². The van der Waals surface area contributed by atoms with Crippen molar-refractivity contribution in [2.45, 2.75) is 27.7 Å². The summed E-state index contributed by atoms with van der Waals surface area (Å²) in [5.41, 5.74) is 0. The molecule has 0 saturated heterocycles. The predicted molar refractivity (Wildman–Crippen MR) is 92.4 cm³/mol. The Morgan fingerprint density at radius 3 is 1.77 bits per heavy atom. The van der Waals surface area contributed by atoms with Crippen molar-refractivity contribution in [3.63, 3.8) is 0 Å². The summed E-state index contributed by atoms with van der Waals surface area (Å²) in [5.74, 6) is 0. The molecule has 0 atom stereocenters. The maximum absolute atomic E-state index is 4.69. The molecule has 0 aromatic heterocycles. The zero-order valence-electron chi connectivity index (χ0n) is 13.8. The minimum absolute atomic E-state index is 0.483. The van der Waals surface area contributed by atoms with Gasteiger partial charge in [-0.2, -0.15) is 0 Å². The number of hydrogen-bond acceptors (Lipinski definition) is 6. The fraction of sp³-hybridized carbons (Fsp3) is 0.375. The third-order valence-corrected chi connectivity index (χ3v) is 1.53. The Morgan fingerprint density at radius 2 is 1.64 bits per heavy atom. The van der Waals surface area contributed by atoms with Crippen molar-refractivity contribution in [1.29, 1.82) is 0 Å². The highest BCUT2D eigenvalue weighted by atomic mass is 16.6. The Bertz CT molecular complexity index is 305. The van der Waals surface area contributed by atoms with E-state index in [9.17, 15) is 0 Å². The van der Waals surface area contributed by atoms with Gasteiger partial charge < -0.3 is 19.6 Å². The van der Waals surface area contributed by atoms with Gasteiger partial charge in [0, 0.05) is 18.6 Å². The van der Waals surface area contributed by atoms with Crippen molar-refractivity contribution in [2.24, 2.45) is 10.1 Å². The molecular weight excluding hydrogens is 282 g/mol. The molecule has 0 radical (unpaired) electrons. The Labute approximate surface area is 133 Å². The minimum atomic E-state index is 0.483. The zero-order valence-corrected chi connectivity index (χ0v) is 13.8. The van der Waals surface area contributed by atoms with Crippen LogP contribution in [-0.4, -0.2) is 25.8 Å². The summed E-state index contributed by atoms with van der Waals surface area (Å²) in [5, 5.41) is 6.26. The molecule has 3 aliphatic rings. The van der Waals surface area contributed by atoms with E-state index < -0.39 is 0 Å². The number of nitrogens with one attached hydrogen (secondary N) is 1. The van der Waals surface area contributed by atoms with E-state index in [-0.39, 0.29) is 0 Å². The lowest BCUT2D eigenvalue weighted by Crippen LogP contribution is -1.94. The summed E-state index contributed by atoms with van der Waals surface area (Å²) in [6.45, 7) is 9.10. The molecule has 1 N–H and O–H groups in total. The SMILES string of the molecule is C1=CCON=C1.C1=COC=CN1.C1=COCN=C1.CC.CC. The molecule has 124 valence electrons. The number of rotatable bonds is 0. The molecule has 0 fully saturated rings. The maximum Gasteiger partial charge on any atom is 0.178 e. The van der Waals surface area contributed by atoms with E-state index in [1.807, 2.05) is 39.8 Å². The quantitative estimate of drug-likeness (QED) is 0.740. The summed E-state index contributed by atoms with van der Waals surface area (Å²) in [7, 11) is 0. The Kier molecular flexibility index (Phi) is 23.4. The smallest absolute Gasteiger partial charge is 0.178 e. The van der Waals surface area contributed by atoms with Crippen molar-refractivity contribution in [2.75, 3.05) is 13.3 Å². The molecule has 3 rings (SSSR count). The average molecular weight is 309 g/mol. The van der Waals surface area contributed by atoms with E-state index in [4.69, 9.17) is 4.74 Å². The number of ether oxygens (including phenoxy) is 2. The van der Waals surface area contributed by atoms with Gasteiger partial charge in [0.25, 0.3) is 0 Å². The molecule has 3 aliphatic heterocycles. The summed E-state index contributed by atoms with van der Waals surface area (Å²) >= 11 is 0. The first-order valence-electron chi connectivity index (χ1n) is 7.29. The van der Waals surface area contributed by atoms with E-state index in [0.29, 0.717) is 13.3 Å². The van der Waals surface area contributed by atoms with E-state index in [0.717, 1.165) is 0 Å². The molecule has 6 nitrogen and oxygen atoms in total. The van der Waals surface area contributed by atoms with Gasteiger partial charge in [-0.1, -0.05) is 32.9 Å². The second kappa shape index (κ2) is 23.6. The number of oxime groups is 1.